The molecule has 2 aliphatic heterocycles. The number of carbonyl (C=O) groups is 1. The van der Waals surface area contributed by atoms with Crippen molar-refractivity contribution in [2.45, 2.75) is 32.4 Å². The fourth-order valence-electron chi connectivity index (χ4n) is 4.47. The molecule has 2 aromatic rings. The standard InChI is InChI=1S/C26H35N5O2/c1-27-25(31-15-12-23(18-31)20-33-19-21-8-3-2-4-9-21)28-17-22-10-7-11-24(16-22)29-26(32)30-13-5-6-14-30/h2-4,7-11,16,23H,5-6,12-15,17-20H2,1H3,(H,27,28)(H,29,32). The summed E-state index contributed by atoms with van der Waals surface area (Å²) in [6.07, 6.45) is 3.29. The SMILES string of the molecule is CN=C(NCc1cccc(NC(=O)N2CCCC2)c1)N1CCC(COCc2ccccc2)C1. The minimum atomic E-state index is -0.00832. The van der Waals surface area contributed by atoms with Crippen LogP contribution >= 0.6 is 0 Å². The van der Waals surface area contributed by atoms with Crippen molar-refractivity contribution < 1.29 is 9.53 Å². The van der Waals surface area contributed by atoms with Crippen LogP contribution in [0.3, 0.4) is 0 Å². The maximum Gasteiger partial charge on any atom is 0.321 e. The van der Waals surface area contributed by atoms with Gasteiger partial charge in [0.25, 0.3) is 0 Å². The molecule has 4 rings (SSSR count). The highest BCUT2D eigenvalue weighted by molar-refractivity contribution is 5.89. The molecule has 0 aromatic heterocycles. The molecule has 0 radical (unpaired) electrons. The second-order valence-corrected chi connectivity index (χ2v) is 8.83. The second kappa shape index (κ2) is 11.7. The summed E-state index contributed by atoms with van der Waals surface area (Å²) in [6, 6.07) is 18.3. The van der Waals surface area contributed by atoms with Gasteiger partial charge >= 0.3 is 6.03 Å². The highest BCUT2D eigenvalue weighted by Crippen LogP contribution is 2.18. The molecule has 0 spiro atoms. The summed E-state index contributed by atoms with van der Waals surface area (Å²) < 4.78 is 5.95. The molecule has 2 heterocycles. The predicted octanol–water partition coefficient (Wildman–Crippen LogP) is 3.93. The zero-order valence-corrected chi connectivity index (χ0v) is 19.5. The number of carbonyl (C=O) groups excluding carboxylic acids is 1. The van der Waals surface area contributed by atoms with Crippen LogP contribution in [0.2, 0.25) is 0 Å². The normalized spacial score (nSPS) is 18.6. The van der Waals surface area contributed by atoms with Gasteiger partial charge in [-0.3, -0.25) is 4.99 Å². The molecule has 7 heteroatoms. The van der Waals surface area contributed by atoms with E-state index in [0.717, 1.165) is 69.3 Å². The smallest absolute Gasteiger partial charge is 0.321 e. The zero-order chi connectivity index (χ0) is 22.9. The number of likely N-dealkylation sites (tertiary alicyclic amines) is 2. The lowest BCUT2D eigenvalue weighted by Crippen LogP contribution is -2.39. The van der Waals surface area contributed by atoms with Crippen molar-refractivity contribution in [3.63, 3.8) is 0 Å². The topological polar surface area (TPSA) is 69.2 Å². The van der Waals surface area contributed by atoms with Gasteiger partial charge in [0.05, 0.1) is 13.2 Å². The highest BCUT2D eigenvalue weighted by atomic mass is 16.5. The number of amides is 2. The lowest BCUT2D eigenvalue weighted by atomic mass is 10.1. The Morgan fingerprint density at radius 2 is 1.82 bits per heavy atom. The first-order chi connectivity index (χ1) is 16.2. The van der Waals surface area contributed by atoms with Crippen LogP contribution < -0.4 is 10.6 Å². The maximum atomic E-state index is 12.4. The van der Waals surface area contributed by atoms with E-state index in [9.17, 15) is 4.79 Å². The van der Waals surface area contributed by atoms with Crippen molar-refractivity contribution in [1.29, 1.82) is 0 Å². The Morgan fingerprint density at radius 3 is 2.61 bits per heavy atom. The molecule has 0 aliphatic carbocycles. The summed E-state index contributed by atoms with van der Waals surface area (Å²) in [5.41, 5.74) is 3.15. The number of hydrogen-bond donors (Lipinski definition) is 2. The van der Waals surface area contributed by atoms with E-state index in [2.05, 4.69) is 38.7 Å². The van der Waals surface area contributed by atoms with Gasteiger partial charge in [-0.25, -0.2) is 4.79 Å². The molecule has 1 unspecified atom stereocenters. The van der Waals surface area contributed by atoms with E-state index < -0.39 is 0 Å². The third-order valence-electron chi connectivity index (χ3n) is 6.28. The van der Waals surface area contributed by atoms with E-state index in [1.807, 2.05) is 48.3 Å². The fourth-order valence-corrected chi connectivity index (χ4v) is 4.47. The van der Waals surface area contributed by atoms with Crippen LogP contribution in [0.4, 0.5) is 10.5 Å². The van der Waals surface area contributed by atoms with Gasteiger partial charge in [-0.1, -0.05) is 42.5 Å². The monoisotopic (exact) mass is 449 g/mol. The van der Waals surface area contributed by atoms with Crippen LogP contribution in [-0.4, -0.2) is 61.6 Å². The minimum Gasteiger partial charge on any atom is -0.376 e. The van der Waals surface area contributed by atoms with Crippen molar-refractivity contribution >= 4 is 17.7 Å². The Kier molecular flexibility index (Phi) is 8.19. The largest absolute Gasteiger partial charge is 0.376 e. The van der Waals surface area contributed by atoms with Gasteiger partial charge in [0.15, 0.2) is 5.96 Å². The Labute approximate surface area is 196 Å². The number of benzene rings is 2. The number of urea groups is 1. The van der Waals surface area contributed by atoms with Gasteiger partial charge < -0.3 is 25.2 Å². The van der Waals surface area contributed by atoms with Crippen molar-refractivity contribution in [2.24, 2.45) is 10.9 Å². The number of nitrogens with zero attached hydrogens (tertiary/aromatic N) is 3. The van der Waals surface area contributed by atoms with Crippen molar-refractivity contribution in [3.05, 3.63) is 65.7 Å². The summed E-state index contributed by atoms with van der Waals surface area (Å²) in [5, 5.41) is 6.50. The molecule has 0 saturated carbocycles. The van der Waals surface area contributed by atoms with Crippen LogP contribution in [0.1, 0.15) is 30.4 Å². The van der Waals surface area contributed by atoms with E-state index in [4.69, 9.17) is 4.74 Å². The Morgan fingerprint density at radius 1 is 1.03 bits per heavy atom. The van der Waals surface area contributed by atoms with Gasteiger partial charge in [-0.05, 0) is 42.5 Å². The third-order valence-corrected chi connectivity index (χ3v) is 6.28. The molecule has 0 bridgehead atoms. The van der Waals surface area contributed by atoms with E-state index in [1.54, 1.807) is 0 Å². The number of nitrogens with one attached hydrogen (secondary N) is 2. The number of hydrogen-bond acceptors (Lipinski definition) is 3. The first-order valence-electron chi connectivity index (χ1n) is 11.9. The second-order valence-electron chi connectivity index (χ2n) is 8.83. The van der Waals surface area contributed by atoms with Gasteiger partial charge in [0.1, 0.15) is 0 Å². The molecule has 2 aliphatic rings. The summed E-state index contributed by atoms with van der Waals surface area (Å²) >= 11 is 0. The molecular formula is C26H35N5O2. The van der Waals surface area contributed by atoms with Crippen LogP contribution in [0.25, 0.3) is 0 Å². The number of ether oxygens (including phenoxy) is 1. The van der Waals surface area contributed by atoms with Crippen molar-refractivity contribution in [1.82, 2.24) is 15.1 Å². The molecular weight excluding hydrogens is 414 g/mol. The van der Waals surface area contributed by atoms with Crippen LogP contribution in [-0.2, 0) is 17.9 Å². The average molecular weight is 450 g/mol. The fraction of sp³-hybridized carbons (Fsp3) is 0.462. The van der Waals surface area contributed by atoms with E-state index in [1.165, 1.54) is 5.56 Å². The number of anilines is 1. The van der Waals surface area contributed by atoms with Crippen LogP contribution in [0, 0.1) is 5.92 Å². The molecule has 1 atom stereocenters. The van der Waals surface area contributed by atoms with Crippen molar-refractivity contribution in [3.8, 4) is 0 Å². The number of guanidine groups is 1. The lowest BCUT2D eigenvalue weighted by molar-refractivity contribution is 0.0906. The molecule has 2 amide bonds. The van der Waals surface area contributed by atoms with E-state index in [0.29, 0.717) is 19.1 Å². The Hall–Kier alpha value is -3.06. The lowest BCUT2D eigenvalue weighted by Gasteiger charge is -2.22. The predicted molar refractivity (Wildman–Crippen MR) is 132 cm³/mol. The quantitative estimate of drug-likeness (QED) is 0.496. The first-order valence-corrected chi connectivity index (χ1v) is 11.9. The number of aliphatic imine (C=N–C) groups is 1. The van der Waals surface area contributed by atoms with Gasteiger partial charge in [0, 0.05) is 51.4 Å². The molecule has 176 valence electrons. The summed E-state index contributed by atoms with van der Waals surface area (Å²) in [7, 11) is 1.83. The maximum absolute atomic E-state index is 12.4. The number of rotatable bonds is 7. The Balaban J connectivity index is 1.22. The van der Waals surface area contributed by atoms with Crippen LogP contribution in [0.15, 0.2) is 59.6 Å². The van der Waals surface area contributed by atoms with E-state index in [-0.39, 0.29) is 6.03 Å². The Bertz CT molecular complexity index is 927. The zero-order valence-electron chi connectivity index (χ0n) is 19.5. The molecule has 2 N–H and O–H groups in total. The van der Waals surface area contributed by atoms with Crippen molar-refractivity contribution in [2.75, 3.05) is 45.2 Å². The van der Waals surface area contributed by atoms with Gasteiger partial charge in [-0.2, -0.15) is 0 Å². The third kappa shape index (κ3) is 6.71. The molecule has 2 aromatic carbocycles. The van der Waals surface area contributed by atoms with Crippen LogP contribution in [0.5, 0.6) is 0 Å². The summed E-state index contributed by atoms with van der Waals surface area (Å²) in [6.45, 7) is 5.70. The van der Waals surface area contributed by atoms with Gasteiger partial charge in [0.2, 0.25) is 0 Å². The summed E-state index contributed by atoms with van der Waals surface area (Å²) in [4.78, 5) is 21.0. The molecule has 2 saturated heterocycles. The summed E-state index contributed by atoms with van der Waals surface area (Å²) in [5.74, 6) is 1.42. The highest BCUT2D eigenvalue weighted by Gasteiger charge is 2.25. The minimum absolute atomic E-state index is 0.00832. The average Bonchev–Trinajstić information content (AvgIpc) is 3.54. The molecule has 7 nitrogen and oxygen atoms in total. The molecule has 2 fully saturated rings. The van der Waals surface area contributed by atoms with E-state index >= 15 is 0 Å². The first kappa shape index (κ1) is 23.1. The van der Waals surface area contributed by atoms with Gasteiger partial charge in [-0.15, -0.1) is 0 Å². The molecule has 33 heavy (non-hydrogen) atoms.